The Morgan fingerprint density at radius 3 is 2.60 bits per heavy atom. The molecule has 1 aromatic heterocycles. The number of nitriles is 1. The molecule has 3 fully saturated rings. The van der Waals surface area contributed by atoms with Crippen molar-refractivity contribution in [1.29, 1.82) is 5.26 Å². The predicted octanol–water partition coefficient (Wildman–Crippen LogP) is 5.24. The van der Waals surface area contributed by atoms with Gasteiger partial charge in [-0.25, -0.2) is 14.4 Å². The summed E-state index contributed by atoms with van der Waals surface area (Å²) in [7, 11) is 1.49. The number of carbonyl (C=O) groups is 2. The second-order valence-electron chi connectivity index (χ2n) is 12.7. The van der Waals surface area contributed by atoms with Crippen molar-refractivity contribution >= 4 is 11.7 Å². The SMILES string of the molecule is COc1cc(C#N)c(OC2CCC(C)(C(C)=O)CC2)cc1C(=O)N[C@@H]1[C@H]2CC[C@H](C2)[C@@H]1CNCc1nccc(C(C)F)n1. The van der Waals surface area contributed by atoms with Crippen LogP contribution in [-0.4, -0.2) is 47.5 Å². The van der Waals surface area contributed by atoms with Crippen molar-refractivity contribution in [3.8, 4) is 17.6 Å². The second-order valence-corrected chi connectivity index (χ2v) is 12.7. The van der Waals surface area contributed by atoms with Crippen molar-refractivity contribution in [1.82, 2.24) is 20.6 Å². The highest BCUT2D eigenvalue weighted by atomic mass is 19.1. The van der Waals surface area contributed by atoms with E-state index in [1.807, 2.05) is 6.92 Å². The van der Waals surface area contributed by atoms with Crippen molar-refractivity contribution in [2.24, 2.45) is 23.2 Å². The Kier molecular flexibility index (Phi) is 9.30. The summed E-state index contributed by atoms with van der Waals surface area (Å²) in [5.74, 6) is 2.31. The highest BCUT2D eigenvalue weighted by molar-refractivity contribution is 5.98. The van der Waals surface area contributed by atoms with Gasteiger partial charge in [-0.3, -0.25) is 9.59 Å². The number of methoxy groups -OCH3 is 1. The number of Topliss-reactive ketones (excluding diaryl/α,β-unsaturated/α-hetero) is 1. The Morgan fingerprint density at radius 2 is 1.93 bits per heavy atom. The summed E-state index contributed by atoms with van der Waals surface area (Å²) in [4.78, 5) is 34.4. The number of halogens is 1. The lowest BCUT2D eigenvalue weighted by molar-refractivity contribution is -0.128. The summed E-state index contributed by atoms with van der Waals surface area (Å²) >= 11 is 0. The maximum Gasteiger partial charge on any atom is 0.255 e. The number of nitrogens with zero attached hydrogens (tertiary/aromatic N) is 3. The summed E-state index contributed by atoms with van der Waals surface area (Å²) in [5, 5.41) is 16.6. The van der Waals surface area contributed by atoms with E-state index < -0.39 is 6.17 Å². The van der Waals surface area contributed by atoms with E-state index >= 15 is 0 Å². The summed E-state index contributed by atoms with van der Waals surface area (Å²) in [6.45, 7) is 6.21. The smallest absolute Gasteiger partial charge is 0.255 e. The van der Waals surface area contributed by atoms with E-state index in [-0.39, 0.29) is 35.2 Å². The highest BCUT2D eigenvalue weighted by Gasteiger charge is 2.48. The number of ether oxygens (including phenoxy) is 2. The number of ketones is 1. The van der Waals surface area contributed by atoms with E-state index in [1.54, 1.807) is 31.3 Å². The first-order chi connectivity index (χ1) is 20.6. The summed E-state index contributed by atoms with van der Waals surface area (Å²) in [6, 6.07) is 6.95. The molecule has 3 saturated carbocycles. The largest absolute Gasteiger partial charge is 0.496 e. The van der Waals surface area contributed by atoms with Crippen LogP contribution in [-0.2, 0) is 11.3 Å². The molecule has 230 valence electrons. The van der Waals surface area contributed by atoms with Crippen LogP contribution < -0.4 is 20.1 Å². The van der Waals surface area contributed by atoms with Gasteiger partial charge in [-0.2, -0.15) is 5.26 Å². The number of alkyl halides is 1. The Hall–Kier alpha value is -3.58. The van der Waals surface area contributed by atoms with Crippen molar-refractivity contribution in [2.45, 2.75) is 90.6 Å². The van der Waals surface area contributed by atoms with Crippen LogP contribution in [0, 0.1) is 34.5 Å². The standard InChI is InChI=1S/C33H42FN5O4/c1-19(34)27-9-12-37-30(38-27)18-36-17-26-21-5-6-22(13-21)31(26)39-32(41)25-15-28(23(16-35)14-29(25)42-4)43-24-7-10-33(3,11-8-24)20(2)40/h9,12,14-15,19,21-22,24,26,31,36H,5-8,10-11,13,17-18H2,1-4H3,(H,39,41)/t19?,21-,22+,24?,26+,31-,33?/m1/s1. The van der Waals surface area contributed by atoms with E-state index in [0.717, 1.165) is 32.1 Å². The fourth-order valence-electron chi connectivity index (χ4n) is 7.20. The van der Waals surface area contributed by atoms with Gasteiger partial charge in [0.1, 0.15) is 35.3 Å². The Morgan fingerprint density at radius 1 is 1.19 bits per heavy atom. The average molecular weight is 592 g/mol. The van der Waals surface area contributed by atoms with Crippen molar-refractivity contribution in [3.63, 3.8) is 0 Å². The van der Waals surface area contributed by atoms with E-state index in [9.17, 15) is 19.2 Å². The number of amides is 1. The van der Waals surface area contributed by atoms with Gasteiger partial charge in [0.25, 0.3) is 5.91 Å². The van der Waals surface area contributed by atoms with E-state index in [0.29, 0.717) is 71.9 Å². The second kappa shape index (κ2) is 13.0. The molecular formula is C33H42FN5O4. The molecule has 5 atom stereocenters. The third-order valence-electron chi connectivity index (χ3n) is 10.0. The van der Waals surface area contributed by atoms with E-state index in [4.69, 9.17) is 9.47 Å². The van der Waals surface area contributed by atoms with E-state index in [2.05, 4.69) is 26.7 Å². The molecule has 1 heterocycles. The molecule has 0 spiro atoms. The van der Waals surface area contributed by atoms with Crippen LogP contribution in [0.1, 0.15) is 99.3 Å². The van der Waals surface area contributed by atoms with Gasteiger partial charge in [0, 0.05) is 30.3 Å². The van der Waals surface area contributed by atoms with Crippen LogP contribution in [0.25, 0.3) is 0 Å². The first kappa shape index (κ1) is 30.9. The Balaban J connectivity index is 1.27. The number of benzene rings is 1. The molecule has 1 aromatic carbocycles. The summed E-state index contributed by atoms with van der Waals surface area (Å²) in [6.07, 6.45) is 6.44. The van der Waals surface area contributed by atoms with Gasteiger partial charge in [0.05, 0.1) is 36.6 Å². The first-order valence-electron chi connectivity index (χ1n) is 15.4. The molecule has 43 heavy (non-hydrogen) atoms. The van der Waals surface area contributed by atoms with E-state index in [1.165, 1.54) is 14.0 Å². The number of carbonyl (C=O) groups excluding carboxylic acids is 2. The number of hydrogen-bond donors (Lipinski definition) is 2. The number of rotatable bonds is 11. The van der Waals surface area contributed by atoms with Gasteiger partial charge in [-0.05, 0) is 88.7 Å². The van der Waals surface area contributed by atoms with Crippen LogP contribution >= 0.6 is 0 Å². The van der Waals surface area contributed by atoms with Crippen LogP contribution in [0.4, 0.5) is 4.39 Å². The molecule has 0 aliphatic heterocycles. The molecule has 2 aromatic rings. The Bertz CT molecular complexity index is 1380. The minimum atomic E-state index is -1.15. The lowest BCUT2D eigenvalue weighted by Crippen LogP contribution is -2.47. The lowest BCUT2D eigenvalue weighted by atomic mass is 9.72. The molecule has 2 bridgehead atoms. The monoisotopic (exact) mass is 591 g/mol. The maximum atomic E-state index is 13.8. The molecule has 0 saturated heterocycles. The van der Waals surface area contributed by atoms with Gasteiger partial charge < -0.3 is 20.1 Å². The zero-order valence-electron chi connectivity index (χ0n) is 25.5. The normalized spacial score (nSPS) is 28.6. The van der Waals surface area contributed by atoms with Crippen molar-refractivity contribution in [3.05, 3.63) is 47.0 Å². The number of nitrogens with one attached hydrogen (secondary N) is 2. The molecule has 2 N–H and O–H groups in total. The van der Waals surface area contributed by atoms with Gasteiger partial charge in [-0.1, -0.05) is 6.92 Å². The molecule has 3 aliphatic carbocycles. The highest BCUT2D eigenvalue weighted by Crippen LogP contribution is 2.48. The number of hydrogen-bond acceptors (Lipinski definition) is 8. The molecule has 9 nitrogen and oxygen atoms in total. The van der Waals surface area contributed by atoms with Crippen LogP contribution in [0.15, 0.2) is 24.4 Å². The summed E-state index contributed by atoms with van der Waals surface area (Å²) < 4.78 is 25.5. The molecular weight excluding hydrogens is 549 g/mol. The maximum absolute atomic E-state index is 13.8. The zero-order valence-corrected chi connectivity index (χ0v) is 25.5. The molecule has 1 unspecified atom stereocenters. The molecule has 0 radical (unpaired) electrons. The third-order valence-corrected chi connectivity index (χ3v) is 10.0. The minimum absolute atomic E-state index is 0.0100. The lowest BCUT2D eigenvalue weighted by Gasteiger charge is -2.35. The minimum Gasteiger partial charge on any atom is -0.496 e. The van der Waals surface area contributed by atoms with Crippen molar-refractivity contribution < 1.29 is 23.5 Å². The average Bonchev–Trinajstić information content (AvgIpc) is 3.60. The van der Waals surface area contributed by atoms with Gasteiger partial charge in [-0.15, -0.1) is 0 Å². The third kappa shape index (κ3) is 6.67. The Labute approximate surface area is 253 Å². The van der Waals surface area contributed by atoms with Crippen LogP contribution in [0.2, 0.25) is 0 Å². The summed E-state index contributed by atoms with van der Waals surface area (Å²) in [5.41, 5.74) is 0.679. The van der Waals surface area contributed by atoms with Crippen molar-refractivity contribution in [2.75, 3.05) is 13.7 Å². The van der Waals surface area contributed by atoms with Gasteiger partial charge in [0.15, 0.2) is 0 Å². The quantitative estimate of drug-likeness (QED) is 0.364. The van der Waals surface area contributed by atoms with Crippen LogP contribution in [0.3, 0.4) is 0 Å². The first-order valence-corrected chi connectivity index (χ1v) is 15.4. The van der Waals surface area contributed by atoms with Gasteiger partial charge in [0.2, 0.25) is 0 Å². The number of aromatic nitrogens is 2. The molecule has 5 rings (SSSR count). The van der Waals surface area contributed by atoms with Gasteiger partial charge >= 0.3 is 0 Å². The molecule has 3 aliphatic rings. The zero-order chi connectivity index (χ0) is 30.7. The predicted molar refractivity (Wildman–Crippen MR) is 158 cm³/mol. The fraction of sp³-hybridized carbons (Fsp3) is 0.606. The van der Waals surface area contributed by atoms with Crippen LogP contribution in [0.5, 0.6) is 11.5 Å². The molecule has 10 heteroatoms. The number of fused-ring (bicyclic) bond motifs is 2. The topological polar surface area (TPSA) is 126 Å². The molecule has 1 amide bonds. The fourth-order valence-corrected chi connectivity index (χ4v) is 7.20.